The molecule has 1 aliphatic rings. The first-order valence-corrected chi connectivity index (χ1v) is 6.90. The highest BCUT2D eigenvalue weighted by molar-refractivity contribution is 9.09. The van der Waals surface area contributed by atoms with E-state index in [0.29, 0.717) is 5.56 Å². The van der Waals surface area contributed by atoms with Crippen LogP contribution in [-0.2, 0) is 0 Å². The second-order valence-corrected chi connectivity index (χ2v) is 4.89. The van der Waals surface area contributed by atoms with Crippen molar-refractivity contribution in [1.29, 1.82) is 0 Å². The fraction of sp³-hybridized carbons (Fsp3) is 0.500. The quantitative estimate of drug-likeness (QED) is 0.846. The Morgan fingerprint density at radius 1 is 1.53 bits per heavy atom. The molecule has 0 bridgehead atoms. The number of carbonyl (C=O) groups is 1. The van der Waals surface area contributed by atoms with Gasteiger partial charge in [-0.15, -0.1) is 0 Å². The molecule has 17 heavy (non-hydrogen) atoms. The Hall–Kier alpha value is -1.10. The lowest BCUT2D eigenvalue weighted by Gasteiger charge is -2.34. The van der Waals surface area contributed by atoms with E-state index in [0.717, 1.165) is 31.1 Å². The molecule has 0 saturated carbocycles. The number of amides is 1. The third-order valence-corrected chi connectivity index (χ3v) is 3.84. The van der Waals surface area contributed by atoms with Gasteiger partial charge in [-0.1, -0.05) is 15.9 Å². The SMILES string of the molecule is O=C(c1cc[nH]c(=O)c1)N1CCCCC1CBr. The van der Waals surface area contributed by atoms with Crippen molar-refractivity contribution in [3.63, 3.8) is 0 Å². The number of nitrogens with one attached hydrogen (secondary N) is 1. The molecule has 92 valence electrons. The molecule has 1 aromatic rings. The number of aromatic nitrogens is 1. The fourth-order valence-electron chi connectivity index (χ4n) is 2.17. The minimum atomic E-state index is -0.233. The summed E-state index contributed by atoms with van der Waals surface area (Å²) in [5, 5.41) is 0.794. The molecule has 0 spiro atoms. The Kier molecular flexibility index (Phi) is 3.99. The summed E-state index contributed by atoms with van der Waals surface area (Å²) in [6.07, 6.45) is 4.75. The Balaban J connectivity index is 2.21. The molecule has 4 nitrogen and oxygen atoms in total. The van der Waals surface area contributed by atoms with Gasteiger partial charge in [0.15, 0.2) is 0 Å². The van der Waals surface area contributed by atoms with Crippen LogP contribution in [0.4, 0.5) is 0 Å². The first kappa shape index (κ1) is 12.4. The van der Waals surface area contributed by atoms with Gasteiger partial charge >= 0.3 is 0 Å². The average molecular weight is 299 g/mol. The Bertz CT molecular complexity index is 458. The van der Waals surface area contributed by atoms with Gasteiger partial charge < -0.3 is 9.88 Å². The van der Waals surface area contributed by atoms with Crippen molar-refractivity contribution in [2.75, 3.05) is 11.9 Å². The number of piperidine rings is 1. The predicted molar refractivity (Wildman–Crippen MR) is 69.5 cm³/mol. The first-order valence-electron chi connectivity index (χ1n) is 5.78. The third-order valence-electron chi connectivity index (χ3n) is 3.09. The number of nitrogens with zero attached hydrogens (tertiary/aromatic N) is 1. The topological polar surface area (TPSA) is 53.2 Å². The van der Waals surface area contributed by atoms with Gasteiger partial charge in [0.05, 0.1) is 0 Å². The molecule has 5 heteroatoms. The highest BCUT2D eigenvalue weighted by Gasteiger charge is 2.26. The standard InChI is InChI=1S/C12H15BrN2O2/c13-8-10-3-1-2-6-15(10)12(17)9-4-5-14-11(16)7-9/h4-5,7,10H,1-3,6,8H2,(H,14,16). The summed E-state index contributed by atoms with van der Waals surface area (Å²) in [5.74, 6) is -0.0414. The van der Waals surface area contributed by atoms with Crippen molar-refractivity contribution in [3.05, 3.63) is 34.2 Å². The van der Waals surface area contributed by atoms with Crippen molar-refractivity contribution in [2.45, 2.75) is 25.3 Å². The van der Waals surface area contributed by atoms with E-state index < -0.39 is 0 Å². The van der Waals surface area contributed by atoms with Gasteiger partial charge in [0.2, 0.25) is 5.56 Å². The number of carbonyl (C=O) groups excluding carboxylic acids is 1. The van der Waals surface area contributed by atoms with Crippen LogP contribution in [0.15, 0.2) is 23.1 Å². The normalized spacial score (nSPS) is 20.3. The van der Waals surface area contributed by atoms with Crippen LogP contribution < -0.4 is 5.56 Å². The maximum Gasteiger partial charge on any atom is 0.254 e. The second-order valence-electron chi connectivity index (χ2n) is 4.24. The molecular weight excluding hydrogens is 284 g/mol. The van der Waals surface area contributed by atoms with Gasteiger partial charge in [0.1, 0.15) is 0 Å². The van der Waals surface area contributed by atoms with Crippen LogP contribution in [-0.4, -0.2) is 33.7 Å². The molecule has 1 aromatic heterocycles. The van der Waals surface area contributed by atoms with Crippen molar-refractivity contribution in [2.24, 2.45) is 0 Å². The maximum absolute atomic E-state index is 12.3. The van der Waals surface area contributed by atoms with Gasteiger partial charge in [-0.3, -0.25) is 9.59 Å². The Morgan fingerprint density at radius 3 is 3.06 bits per heavy atom. The summed E-state index contributed by atoms with van der Waals surface area (Å²) in [4.78, 5) is 27.9. The maximum atomic E-state index is 12.3. The van der Waals surface area contributed by atoms with Crippen LogP contribution in [0.2, 0.25) is 0 Å². The number of likely N-dealkylation sites (tertiary alicyclic amines) is 1. The number of aromatic amines is 1. The summed E-state index contributed by atoms with van der Waals surface area (Å²) in [5.41, 5.74) is 0.241. The highest BCUT2D eigenvalue weighted by atomic mass is 79.9. The lowest BCUT2D eigenvalue weighted by atomic mass is 10.0. The lowest BCUT2D eigenvalue weighted by Crippen LogP contribution is -2.44. The second kappa shape index (κ2) is 5.49. The van der Waals surface area contributed by atoms with Gasteiger partial charge in [-0.05, 0) is 25.3 Å². The van der Waals surface area contributed by atoms with Crippen LogP contribution in [0, 0.1) is 0 Å². The van der Waals surface area contributed by atoms with E-state index >= 15 is 0 Å². The largest absolute Gasteiger partial charge is 0.335 e. The van der Waals surface area contributed by atoms with Gasteiger partial charge in [-0.25, -0.2) is 0 Å². The highest BCUT2D eigenvalue weighted by Crippen LogP contribution is 2.20. The number of hydrogen-bond acceptors (Lipinski definition) is 2. The van der Waals surface area contributed by atoms with Crippen molar-refractivity contribution in [3.8, 4) is 0 Å². The average Bonchev–Trinajstić information content (AvgIpc) is 2.38. The van der Waals surface area contributed by atoms with E-state index in [1.807, 2.05) is 4.90 Å². The Morgan fingerprint density at radius 2 is 2.35 bits per heavy atom. The van der Waals surface area contributed by atoms with E-state index in [1.165, 1.54) is 12.3 Å². The molecule has 2 rings (SSSR count). The molecule has 1 saturated heterocycles. The molecule has 0 aliphatic carbocycles. The van der Waals surface area contributed by atoms with Gasteiger partial charge in [0.25, 0.3) is 5.91 Å². The van der Waals surface area contributed by atoms with Crippen LogP contribution >= 0.6 is 15.9 Å². The molecule has 1 unspecified atom stereocenters. The van der Waals surface area contributed by atoms with Crippen molar-refractivity contribution in [1.82, 2.24) is 9.88 Å². The van der Waals surface area contributed by atoms with Crippen molar-refractivity contribution >= 4 is 21.8 Å². The number of halogens is 1. The minimum absolute atomic E-state index is 0.0414. The molecule has 1 fully saturated rings. The zero-order valence-electron chi connectivity index (χ0n) is 9.49. The summed E-state index contributed by atoms with van der Waals surface area (Å²) in [6, 6.07) is 3.27. The van der Waals surface area contributed by atoms with Crippen LogP contribution in [0.1, 0.15) is 29.6 Å². The van der Waals surface area contributed by atoms with E-state index in [2.05, 4.69) is 20.9 Å². The summed E-state index contributed by atoms with van der Waals surface area (Å²) in [7, 11) is 0. The summed E-state index contributed by atoms with van der Waals surface area (Å²) >= 11 is 3.44. The van der Waals surface area contributed by atoms with E-state index in [4.69, 9.17) is 0 Å². The van der Waals surface area contributed by atoms with Crippen LogP contribution in [0.25, 0.3) is 0 Å². The zero-order chi connectivity index (χ0) is 12.3. The van der Waals surface area contributed by atoms with E-state index in [1.54, 1.807) is 6.07 Å². The van der Waals surface area contributed by atoms with Crippen molar-refractivity contribution < 1.29 is 4.79 Å². The predicted octanol–water partition coefficient (Wildman–Crippen LogP) is 1.76. The molecular formula is C12H15BrN2O2. The smallest absolute Gasteiger partial charge is 0.254 e. The van der Waals surface area contributed by atoms with E-state index in [9.17, 15) is 9.59 Å². The number of hydrogen-bond donors (Lipinski definition) is 1. The molecule has 1 N–H and O–H groups in total. The van der Waals surface area contributed by atoms with Gasteiger partial charge in [0, 0.05) is 35.7 Å². The molecule has 1 atom stereocenters. The fourth-order valence-corrected chi connectivity index (χ4v) is 2.85. The number of alkyl halides is 1. The number of H-pyrrole nitrogens is 1. The minimum Gasteiger partial charge on any atom is -0.335 e. The zero-order valence-corrected chi connectivity index (χ0v) is 11.1. The number of rotatable bonds is 2. The van der Waals surface area contributed by atoms with Crippen LogP contribution in [0.3, 0.4) is 0 Å². The lowest BCUT2D eigenvalue weighted by molar-refractivity contribution is 0.0641. The first-order chi connectivity index (χ1) is 8.22. The Labute approximate surface area is 108 Å². The molecule has 2 heterocycles. The number of pyridine rings is 1. The molecule has 1 amide bonds. The summed E-state index contributed by atoms with van der Waals surface area (Å²) < 4.78 is 0. The van der Waals surface area contributed by atoms with Crippen LogP contribution in [0.5, 0.6) is 0 Å². The molecule has 0 aromatic carbocycles. The third kappa shape index (κ3) is 2.77. The van der Waals surface area contributed by atoms with Gasteiger partial charge in [-0.2, -0.15) is 0 Å². The monoisotopic (exact) mass is 298 g/mol. The molecule has 0 radical (unpaired) electrons. The summed E-state index contributed by atoms with van der Waals surface area (Å²) in [6.45, 7) is 0.780. The van der Waals surface area contributed by atoms with E-state index in [-0.39, 0.29) is 17.5 Å². The molecule has 1 aliphatic heterocycles.